The maximum absolute atomic E-state index is 11.4. The molecule has 0 spiro atoms. The first-order chi connectivity index (χ1) is 11.1. The molecule has 124 valence electrons. The number of hydrogen-bond acceptors (Lipinski definition) is 1. The van der Waals surface area contributed by atoms with Crippen molar-refractivity contribution in [3.8, 4) is 0 Å². The predicted octanol–water partition coefficient (Wildman–Crippen LogP) is 5.37. The molecule has 0 heterocycles. The van der Waals surface area contributed by atoms with Gasteiger partial charge in [-0.15, -0.1) is 0 Å². The molecule has 0 saturated carbocycles. The number of hydrogen-bond donors (Lipinski definition) is 1. The van der Waals surface area contributed by atoms with Gasteiger partial charge in [-0.1, -0.05) is 67.9 Å². The van der Waals surface area contributed by atoms with Crippen molar-refractivity contribution in [3.05, 3.63) is 70.8 Å². The second-order valence-electron chi connectivity index (χ2n) is 5.93. The zero-order chi connectivity index (χ0) is 16.8. The number of carbonyl (C=O) groups is 1. The molecule has 2 heteroatoms. The fraction of sp³-hybridized carbons (Fsp3) is 0.381. The van der Waals surface area contributed by atoms with Crippen LogP contribution in [0.1, 0.15) is 69.3 Å². The van der Waals surface area contributed by atoms with Crippen LogP contribution in [0.25, 0.3) is 0 Å². The van der Waals surface area contributed by atoms with Crippen molar-refractivity contribution in [2.24, 2.45) is 0 Å². The van der Waals surface area contributed by atoms with Gasteiger partial charge in [0.25, 0.3) is 0 Å². The maximum Gasteiger partial charge on any atom is 0.217 e. The number of fused-ring (bicyclic) bond motifs is 1. The van der Waals surface area contributed by atoms with Gasteiger partial charge in [-0.05, 0) is 36.5 Å². The van der Waals surface area contributed by atoms with E-state index in [-0.39, 0.29) is 13.4 Å². The summed E-state index contributed by atoms with van der Waals surface area (Å²) in [7, 11) is 0. The zero-order valence-electron chi connectivity index (χ0n) is 14.6. The van der Waals surface area contributed by atoms with Crippen LogP contribution < -0.4 is 5.32 Å². The molecule has 0 bridgehead atoms. The molecule has 2 unspecified atom stereocenters. The molecule has 0 aliphatic heterocycles. The van der Waals surface area contributed by atoms with Crippen molar-refractivity contribution in [1.82, 2.24) is 5.32 Å². The van der Waals surface area contributed by atoms with E-state index in [1.807, 2.05) is 13.8 Å². The summed E-state index contributed by atoms with van der Waals surface area (Å²) in [6.45, 7) is 7.73. The lowest BCUT2D eigenvalue weighted by Gasteiger charge is -2.32. The average Bonchev–Trinajstić information content (AvgIpc) is 2.56. The summed E-state index contributed by atoms with van der Waals surface area (Å²) in [5, 5.41) is 3.08. The Balaban J connectivity index is 0.000000925. The van der Waals surface area contributed by atoms with E-state index in [9.17, 15) is 4.79 Å². The lowest BCUT2D eigenvalue weighted by molar-refractivity contribution is -0.119. The summed E-state index contributed by atoms with van der Waals surface area (Å²) in [4.78, 5) is 11.4. The van der Waals surface area contributed by atoms with E-state index in [1.54, 1.807) is 6.92 Å². The first-order valence-electron chi connectivity index (χ1n) is 8.57. The molecule has 0 saturated heterocycles. The minimum atomic E-state index is 0. The van der Waals surface area contributed by atoms with Crippen LogP contribution in [0.15, 0.2) is 48.5 Å². The van der Waals surface area contributed by atoms with Crippen molar-refractivity contribution in [3.63, 3.8) is 0 Å². The fourth-order valence-corrected chi connectivity index (χ4v) is 3.42. The Morgan fingerprint density at radius 3 is 2.39 bits per heavy atom. The van der Waals surface area contributed by atoms with Crippen molar-refractivity contribution >= 4 is 5.91 Å². The quantitative estimate of drug-likeness (QED) is 0.793. The highest BCUT2D eigenvalue weighted by molar-refractivity contribution is 5.73. The highest BCUT2D eigenvalue weighted by Gasteiger charge is 2.28. The first-order valence-corrected chi connectivity index (χ1v) is 8.57. The third kappa shape index (κ3) is 4.01. The molecule has 0 aromatic heterocycles. The molecule has 0 fully saturated rings. The maximum atomic E-state index is 11.4. The highest BCUT2D eigenvalue weighted by atomic mass is 16.1. The van der Waals surface area contributed by atoms with Crippen LogP contribution in [0.2, 0.25) is 0 Å². The Bertz CT molecular complexity index is 668. The standard InChI is InChI=1S/C19H21NO.C2H6.H2/c1-13-6-5-7-15(12-13)16-10-11-19(20-14(2)21)18-9-4-3-8-17(16)18;1-2;/h3-9,12,16,19H,10-11H2,1-2H3,(H,20,21);1-2H3;1H. The predicted molar refractivity (Wildman–Crippen MR) is 98.7 cm³/mol. The molecule has 1 amide bonds. The van der Waals surface area contributed by atoms with Gasteiger partial charge in [-0.2, -0.15) is 0 Å². The topological polar surface area (TPSA) is 29.1 Å². The van der Waals surface area contributed by atoms with Gasteiger partial charge in [-0.25, -0.2) is 0 Å². The van der Waals surface area contributed by atoms with E-state index in [1.165, 1.54) is 22.3 Å². The zero-order valence-corrected chi connectivity index (χ0v) is 14.6. The van der Waals surface area contributed by atoms with Gasteiger partial charge < -0.3 is 5.32 Å². The van der Waals surface area contributed by atoms with Crippen LogP contribution in [0, 0.1) is 6.92 Å². The van der Waals surface area contributed by atoms with Crippen LogP contribution in [0.4, 0.5) is 0 Å². The Morgan fingerprint density at radius 2 is 1.74 bits per heavy atom. The van der Waals surface area contributed by atoms with Gasteiger partial charge in [0.15, 0.2) is 0 Å². The second kappa shape index (κ2) is 7.96. The van der Waals surface area contributed by atoms with E-state index in [0.29, 0.717) is 5.92 Å². The molecule has 1 N–H and O–H groups in total. The van der Waals surface area contributed by atoms with Crippen molar-refractivity contribution in [2.45, 2.75) is 52.5 Å². The molecule has 1 aliphatic rings. The first kappa shape index (κ1) is 17.3. The van der Waals surface area contributed by atoms with E-state index in [0.717, 1.165) is 12.8 Å². The Hall–Kier alpha value is -2.09. The van der Waals surface area contributed by atoms with Crippen molar-refractivity contribution < 1.29 is 6.22 Å². The van der Waals surface area contributed by atoms with Crippen LogP contribution >= 0.6 is 0 Å². The van der Waals surface area contributed by atoms with Crippen LogP contribution in [-0.4, -0.2) is 5.91 Å². The Labute approximate surface area is 141 Å². The molecule has 2 atom stereocenters. The van der Waals surface area contributed by atoms with Gasteiger partial charge in [-0.3, -0.25) is 4.79 Å². The van der Waals surface area contributed by atoms with E-state index < -0.39 is 0 Å². The summed E-state index contributed by atoms with van der Waals surface area (Å²) in [5.74, 6) is 0.481. The summed E-state index contributed by atoms with van der Waals surface area (Å²) in [6, 6.07) is 17.4. The normalized spacial score (nSPS) is 19.1. The Kier molecular flexibility index (Phi) is 5.97. The number of amides is 1. The molecule has 0 radical (unpaired) electrons. The lowest BCUT2D eigenvalue weighted by atomic mass is 9.76. The van der Waals surface area contributed by atoms with Crippen LogP contribution in [0.5, 0.6) is 0 Å². The number of nitrogens with one attached hydrogen (secondary N) is 1. The summed E-state index contributed by atoms with van der Waals surface area (Å²) in [5.41, 5.74) is 5.30. The molecule has 2 nitrogen and oxygen atoms in total. The average molecular weight is 311 g/mol. The number of aryl methyl sites for hydroxylation is 1. The Morgan fingerprint density at radius 1 is 1.04 bits per heavy atom. The molecular formula is C21H29NO. The van der Waals surface area contributed by atoms with Crippen LogP contribution in [-0.2, 0) is 4.79 Å². The fourth-order valence-electron chi connectivity index (χ4n) is 3.42. The van der Waals surface area contributed by atoms with E-state index in [4.69, 9.17) is 0 Å². The number of rotatable bonds is 2. The summed E-state index contributed by atoms with van der Waals surface area (Å²) < 4.78 is 0. The summed E-state index contributed by atoms with van der Waals surface area (Å²) in [6.07, 6.45) is 2.07. The molecule has 2 aromatic rings. The second-order valence-corrected chi connectivity index (χ2v) is 5.93. The minimum Gasteiger partial charge on any atom is -0.350 e. The summed E-state index contributed by atoms with van der Waals surface area (Å²) >= 11 is 0. The molecular weight excluding hydrogens is 282 g/mol. The largest absolute Gasteiger partial charge is 0.350 e. The third-order valence-corrected chi connectivity index (χ3v) is 4.31. The van der Waals surface area contributed by atoms with Gasteiger partial charge >= 0.3 is 0 Å². The lowest BCUT2D eigenvalue weighted by Crippen LogP contribution is -2.30. The third-order valence-electron chi connectivity index (χ3n) is 4.31. The number of benzene rings is 2. The molecule has 1 aliphatic carbocycles. The van der Waals surface area contributed by atoms with Crippen molar-refractivity contribution in [1.29, 1.82) is 0 Å². The minimum absolute atomic E-state index is 0. The molecule has 2 aromatic carbocycles. The SMILES string of the molecule is CC.CC(=O)NC1CCC(c2cccc(C)c2)c2ccccc21.[HH]. The smallest absolute Gasteiger partial charge is 0.217 e. The van der Waals surface area contributed by atoms with Gasteiger partial charge in [0.2, 0.25) is 5.91 Å². The number of carbonyl (C=O) groups excluding carboxylic acids is 1. The van der Waals surface area contributed by atoms with Crippen LogP contribution in [0.3, 0.4) is 0 Å². The van der Waals surface area contributed by atoms with E-state index >= 15 is 0 Å². The highest BCUT2D eigenvalue weighted by Crippen LogP contribution is 2.41. The van der Waals surface area contributed by atoms with Crippen molar-refractivity contribution in [2.75, 3.05) is 0 Å². The van der Waals surface area contributed by atoms with Gasteiger partial charge in [0.1, 0.15) is 0 Å². The molecule has 23 heavy (non-hydrogen) atoms. The van der Waals surface area contributed by atoms with Gasteiger partial charge in [0.05, 0.1) is 6.04 Å². The molecule has 3 rings (SSSR count). The monoisotopic (exact) mass is 311 g/mol. The van der Waals surface area contributed by atoms with E-state index in [2.05, 4.69) is 60.8 Å². The van der Waals surface area contributed by atoms with Gasteiger partial charge in [0, 0.05) is 14.3 Å².